The van der Waals surface area contributed by atoms with Gasteiger partial charge in [-0.1, -0.05) is 36.4 Å². The third kappa shape index (κ3) is 7.63. The Morgan fingerprint density at radius 1 is 1.05 bits per heavy atom. The Balaban J connectivity index is 1.37. The van der Waals surface area contributed by atoms with Gasteiger partial charge in [0, 0.05) is 69.9 Å². The van der Waals surface area contributed by atoms with Crippen LogP contribution in [0.5, 0.6) is 0 Å². The monoisotopic (exact) mass is 553 g/mol. The number of hydrogen-bond acceptors (Lipinski definition) is 5. The van der Waals surface area contributed by atoms with E-state index in [0.717, 1.165) is 29.9 Å². The van der Waals surface area contributed by atoms with E-state index in [9.17, 15) is 23.2 Å². The number of fused-ring (bicyclic) bond motifs is 1. The van der Waals surface area contributed by atoms with Gasteiger partial charge in [0.15, 0.2) is 11.6 Å². The fourth-order valence-corrected chi connectivity index (χ4v) is 4.46. The topological polar surface area (TPSA) is 119 Å². The summed E-state index contributed by atoms with van der Waals surface area (Å²) in [5, 5.41) is 13.1. The zero-order valence-corrected chi connectivity index (χ0v) is 22.3. The van der Waals surface area contributed by atoms with Gasteiger partial charge in [-0.15, -0.1) is 0 Å². The molecule has 2 aromatic carbocycles. The van der Waals surface area contributed by atoms with Crippen LogP contribution in [-0.2, 0) is 11.3 Å². The van der Waals surface area contributed by atoms with Crippen molar-refractivity contribution in [1.82, 2.24) is 30.7 Å². The van der Waals surface area contributed by atoms with E-state index in [1.807, 2.05) is 24.3 Å². The Kier molecular flexibility index (Phi) is 9.79. The number of hydrogen-bond donors (Lipinski definition) is 4. The average Bonchev–Trinajstić information content (AvgIpc) is 2.97. The minimum Gasteiger partial charge on any atom is -0.340 e. The van der Waals surface area contributed by atoms with E-state index in [0.29, 0.717) is 18.9 Å². The third-order valence-electron chi connectivity index (χ3n) is 6.86. The number of anilines is 1. The number of pyridine rings is 1. The van der Waals surface area contributed by atoms with Gasteiger partial charge < -0.3 is 25.8 Å². The highest BCUT2D eigenvalue weighted by Gasteiger charge is 2.24. The van der Waals surface area contributed by atoms with Gasteiger partial charge in [0.2, 0.25) is 5.91 Å². The van der Waals surface area contributed by atoms with Crippen molar-refractivity contribution in [3.05, 3.63) is 71.9 Å². The molecule has 3 aromatic rings. The first-order chi connectivity index (χ1) is 19.3. The second kappa shape index (κ2) is 13.7. The van der Waals surface area contributed by atoms with Crippen molar-refractivity contribution in [3.8, 4) is 0 Å². The lowest BCUT2D eigenvalue weighted by Crippen LogP contribution is -2.50. The predicted octanol–water partition coefficient (Wildman–Crippen LogP) is 3.06. The summed E-state index contributed by atoms with van der Waals surface area (Å²) in [5.41, 5.74) is 0.00701. The van der Waals surface area contributed by atoms with E-state index in [4.69, 9.17) is 0 Å². The van der Waals surface area contributed by atoms with Crippen LogP contribution in [0.1, 0.15) is 18.4 Å². The average molecular weight is 554 g/mol. The van der Waals surface area contributed by atoms with Gasteiger partial charge in [0.25, 0.3) is 0 Å². The third-order valence-corrected chi connectivity index (χ3v) is 6.86. The number of carbonyl (C=O) groups excluding carboxylic acids is 3. The first-order valence-electron chi connectivity index (χ1n) is 13.1. The first kappa shape index (κ1) is 28.7. The smallest absolute Gasteiger partial charge is 0.320 e. The van der Waals surface area contributed by atoms with Crippen LogP contribution < -0.4 is 21.3 Å². The molecule has 1 fully saturated rings. The molecule has 1 unspecified atom stereocenters. The summed E-state index contributed by atoms with van der Waals surface area (Å²) >= 11 is 0. The maximum absolute atomic E-state index is 14.0. The van der Waals surface area contributed by atoms with Crippen LogP contribution in [0.25, 0.3) is 10.8 Å². The van der Waals surface area contributed by atoms with E-state index in [1.165, 1.54) is 24.1 Å². The Morgan fingerprint density at radius 3 is 2.58 bits per heavy atom. The van der Waals surface area contributed by atoms with Crippen molar-refractivity contribution in [2.75, 3.05) is 45.1 Å². The molecule has 0 bridgehead atoms. The first-order valence-corrected chi connectivity index (χ1v) is 13.1. The molecule has 4 N–H and O–H groups in total. The lowest BCUT2D eigenvalue weighted by atomic mass is 10.1. The summed E-state index contributed by atoms with van der Waals surface area (Å²) in [5.74, 6) is -1.69. The van der Waals surface area contributed by atoms with Crippen molar-refractivity contribution in [2.45, 2.75) is 25.4 Å². The molecule has 0 radical (unpaired) electrons. The van der Waals surface area contributed by atoms with Gasteiger partial charge in [-0.05, 0) is 23.9 Å². The molecule has 12 heteroatoms. The lowest BCUT2D eigenvalue weighted by molar-refractivity contribution is -0.132. The molecule has 0 aliphatic carbocycles. The summed E-state index contributed by atoms with van der Waals surface area (Å²) in [6.07, 6.45) is 2.13. The van der Waals surface area contributed by atoms with E-state index in [-0.39, 0.29) is 37.4 Å². The number of nitrogens with zero attached hydrogens (tertiary/aromatic N) is 3. The molecule has 4 rings (SSSR count). The molecule has 1 saturated heterocycles. The Morgan fingerprint density at radius 2 is 1.80 bits per heavy atom. The maximum Gasteiger partial charge on any atom is 0.320 e. The quantitative estimate of drug-likeness (QED) is 0.325. The number of piperazine rings is 1. The summed E-state index contributed by atoms with van der Waals surface area (Å²) in [7, 11) is 1.53. The number of urea groups is 2. The van der Waals surface area contributed by atoms with Gasteiger partial charge in [-0.25, -0.2) is 23.4 Å². The number of halogens is 2. The van der Waals surface area contributed by atoms with Crippen molar-refractivity contribution < 1.29 is 23.2 Å². The normalized spacial score (nSPS) is 13.9. The minimum absolute atomic E-state index is 0.00701. The number of likely N-dealkylation sites (N-methyl/N-ethyl adjacent to an activating group) is 1. The molecule has 1 atom stereocenters. The molecule has 1 aliphatic heterocycles. The van der Waals surface area contributed by atoms with Crippen molar-refractivity contribution in [2.24, 2.45) is 0 Å². The number of carbonyl (C=O) groups is 3. The summed E-state index contributed by atoms with van der Waals surface area (Å²) in [6.45, 7) is 2.49. The zero-order chi connectivity index (χ0) is 28.5. The van der Waals surface area contributed by atoms with Gasteiger partial charge in [-0.2, -0.15) is 0 Å². The second-order valence-corrected chi connectivity index (χ2v) is 9.56. The van der Waals surface area contributed by atoms with Crippen LogP contribution in [0.3, 0.4) is 0 Å². The van der Waals surface area contributed by atoms with Gasteiger partial charge in [0.1, 0.15) is 5.82 Å². The van der Waals surface area contributed by atoms with Crippen molar-refractivity contribution >= 4 is 34.6 Å². The number of rotatable bonds is 9. The fraction of sp³-hybridized carbons (Fsp3) is 0.357. The molecular formula is C28H33F2N7O3. The van der Waals surface area contributed by atoms with Gasteiger partial charge in [0.05, 0.1) is 6.04 Å². The summed E-state index contributed by atoms with van der Waals surface area (Å²) < 4.78 is 27.6. The summed E-state index contributed by atoms with van der Waals surface area (Å²) in [4.78, 5) is 45.7. The largest absolute Gasteiger partial charge is 0.340 e. The summed E-state index contributed by atoms with van der Waals surface area (Å²) in [6, 6.07) is 11.5. The Hall–Kier alpha value is -4.32. The minimum atomic E-state index is -1.02. The standard InChI is InChI=1S/C28H33F2N7O3/c1-36(28(40)34-17-21-7-4-8-23(29)26(21)30)22(9-10-25(38)37-13-11-31-12-14-37)18-33-27(39)35-24-15-19-5-2-3-6-20(19)16-32-24/h2-8,15-16,22,31H,9-14,17-18H2,1H3,(H,34,40)(H2,32,33,35,39). The molecule has 40 heavy (non-hydrogen) atoms. The Bertz CT molecular complexity index is 1350. The van der Waals surface area contributed by atoms with Crippen molar-refractivity contribution in [1.29, 1.82) is 0 Å². The predicted molar refractivity (Wildman–Crippen MR) is 148 cm³/mol. The maximum atomic E-state index is 14.0. The van der Waals surface area contributed by atoms with Crippen LogP contribution in [-0.4, -0.2) is 78.6 Å². The molecule has 10 nitrogen and oxygen atoms in total. The molecule has 0 spiro atoms. The highest BCUT2D eigenvalue weighted by atomic mass is 19.2. The van der Waals surface area contributed by atoms with Gasteiger partial charge >= 0.3 is 12.1 Å². The van der Waals surface area contributed by atoms with Crippen LogP contribution in [0, 0.1) is 11.6 Å². The number of aromatic nitrogens is 1. The molecular weight excluding hydrogens is 520 g/mol. The molecule has 212 valence electrons. The van der Waals surface area contributed by atoms with Crippen LogP contribution in [0.15, 0.2) is 54.7 Å². The van der Waals surface area contributed by atoms with E-state index < -0.39 is 29.7 Å². The lowest BCUT2D eigenvalue weighted by Gasteiger charge is -2.31. The van der Waals surface area contributed by atoms with Crippen LogP contribution in [0.2, 0.25) is 0 Å². The molecule has 5 amide bonds. The number of benzene rings is 2. The van der Waals surface area contributed by atoms with Gasteiger partial charge in [-0.3, -0.25) is 10.1 Å². The van der Waals surface area contributed by atoms with E-state index in [2.05, 4.69) is 26.3 Å². The molecule has 0 saturated carbocycles. The van der Waals surface area contributed by atoms with Crippen molar-refractivity contribution in [3.63, 3.8) is 0 Å². The molecule has 1 aromatic heterocycles. The zero-order valence-electron chi connectivity index (χ0n) is 22.3. The number of nitrogens with one attached hydrogen (secondary N) is 4. The van der Waals surface area contributed by atoms with Crippen LogP contribution >= 0.6 is 0 Å². The van der Waals surface area contributed by atoms with E-state index >= 15 is 0 Å². The highest BCUT2D eigenvalue weighted by Crippen LogP contribution is 2.16. The second-order valence-electron chi connectivity index (χ2n) is 9.56. The Labute approximate surface area is 231 Å². The van der Waals surface area contributed by atoms with Crippen LogP contribution in [0.4, 0.5) is 24.2 Å². The molecule has 1 aliphatic rings. The molecule has 2 heterocycles. The van der Waals surface area contributed by atoms with E-state index in [1.54, 1.807) is 17.2 Å². The fourth-order valence-electron chi connectivity index (χ4n) is 4.46. The SMILES string of the molecule is CN(C(=O)NCc1cccc(F)c1F)C(CCC(=O)N1CCNCC1)CNC(=O)Nc1cc2ccccc2cn1. The number of amides is 5. The highest BCUT2D eigenvalue weighted by molar-refractivity contribution is 5.91.